The van der Waals surface area contributed by atoms with Crippen molar-refractivity contribution < 1.29 is 9.18 Å². The van der Waals surface area contributed by atoms with Gasteiger partial charge in [-0.25, -0.2) is 9.37 Å². The van der Waals surface area contributed by atoms with E-state index in [4.69, 9.17) is 0 Å². The van der Waals surface area contributed by atoms with E-state index in [1.165, 1.54) is 30.0 Å². The number of nitrogens with one attached hydrogen (secondary N) is 1. The van der Waals surface area contributed by atoms with Crippen LogP contribution in [0, 0.1) is 19.7 Å². The van der Waals surface area contributed by atoms with E-state index in [1.54, 1.807) is 12.1 Å². The van der Waals surface area contributed by atoms with Crippen molar-refractivity contribution in [2.24, 2.45) is 0 Å². The number of aromatic amines is 1. The molecule has 2 heterocycles. The molecule has 152 valence electrons. The Morgan fingerprint density at radius 1 is 1.21 bits per heavy atom. The molecule has 1 aromatic carbocycles. The molecule has 1 N–H and O–H groups in total. The van der Waals surface area contributed by atoms with Crippen molar-refractivity contribution in [2.45, 2.75) is 45.3 Å². The molecule has 0 aliphatic heterocycles. The lowest BCUT2D eigenvalue weighted by molar-refractivity contribution is 0.102. The summed E-state index contributed by atoms with van der Waals surface area (Å²) in [4.78, 5) is 31.7. The van der Waals surface area contributed by atoms with E-state index in [-0.39, 0.29) is 22.9 Å². The van der Waals surface area contributed by atoms with Crippen molar-refractivity contribution in [1.29, 1.82) is 0 Å². The Bertz CT molecular complexity index is 1070. The fourth-order valence-corrected chi connectivity index (χ4v) is 4.02. The summed E-state index contributed by atoms with van der Waals surface area (Å²) in [7, 11) is 0. The molecule has 0 fully saturated rings. The van der Waals surface area contributed by atoms with Crippen LogP contribution in [0.1, 0.15) is 46.3 Å². The zero-order chi connectivity index (χ0) is 21.0. The molecular formula is C22H24FN3O2S. The van der Waals surface area contributed by atoms with Crippen molar-refractivity contribution in [2.75, 3.05) is 5.75 Å². The van der Waals surface area contributed by atoms with Gasteiger partial charge in [-0.2, -0.15) is 0 Å². The van der Waals surface area contributed by atoms with Crippen LogP contribution in [0.3, 0.4) is 0 Å². The first-order valence-corrected chi connectivity index (χ1v) is 10.5. The molecule has 0 atom stereocenters. The molecular weight excluding hydrogens is 389 g/mol. The monoisotopic (exact) mass is 413 g/mol. The largest absolute Gasteiger partial charge is 0.344 e. The SMILES string of the molecule is CCCc1cc(=O)[nH]c(SCC(=O)c2cc(C)n(Cc3ccc(F)cc3)c2C)n1. The van der Waals surface area contributed by atoms with E-state index in [0.29, 0.717) is 17.3 Å². The predicted octanol–water partition coefficient (Wildman–Crippen LogP) is 4.30. The van der Waals surface area contributed by atoms with Gasteiger partial charge in [0.25, 0.3) is 5.56 Å². The Labute approximate surface area is 173 Å². The molecule has 0 aliphatic rings. The zero-order valence-corrected chi connectivity index (χ0v) is 17.6. The Morgan fingerprint density at radius 3 is 2.62 bits per heavy atom. The number of aromatic nitrogens is 3. The fourth-order valence-electron chi connectivity index (χ4n) is 3.25. The van der Waals surface area contributed by atoms with Crippen molar-refractivity contribution in [3.05, 3.63) is 80.8 Å². The number of carbonyl (C=O) groups excluding carboxylic acids is 1. The number of benzene rings is 1. The van der Waals surface area contributed by atoms with Crippen molar-refractivity contribution in [3.8, 4) is 0 Å². The summed E-state index contributed by atoms with van der Waals surface area (Å²) in [5.41, 5.74) is 4.01. The lowest BCUT2D eigenvalue weighted by Gasteiger charge is -2.10. The van der Waals surface area contributed by atoms with Gasteiger partial charge < -0.3 is 9.55 Å². The maximum atomic E-state index is 13.1. The maximum absolute atomic E-state index is 13.1. The van der Waals surface area contributed by atoms with Gasteiger partial charge in [0, 0.05) is 35.3 Å². The number of rotatable bonds is 8. The van der Waals surface area contributed by atoms with Gasteiger partial charge in [0.1, 0.15) is 5.82 Å². The van der Waals surface area contributed by atoms with Crippen LogP contribution in [0.5, 0.6) is 0 Å². The smallest absolute Gasteiger partial charge is 0.251 e. The molecule has 0 radical (unpaired) electrons. The van der Waals surface area contributed by atoms with Crippen LogP contribution >= 0.6 is 11.8 Å². The lowest BCUT2D eigenvalue weighted by atomic mass is 10.2. The van der Waals surface area contributed by atoms with Crippen LogP contribution in [0.2, 0.25) is 0 Å². The molecule has 0 aliphatic carbocycles. The number of H-pyrrole nitrogens is 1. The van der Waals surface area contributed by atoms with Crippen LogP contribution in [-0.2, 0) is 13.0 Å². The minimum absolute atomic E-state index is 0.0167. The highest BCUT2D eigenvalue weighted by Gasteiger charge is 2.17. The Balaban J connectivity index is 1.73. The highest BCUT2D eigenvalue weighted by Crippen LogP contribution is 2.21. The fraction of sp³-hybridized carbons (Fsp3) is 0.318. The molecule has 29 heavy (non-hydrogen) atoms. The summed E-state index contributed by atoms with van der Waals surface area (Å²) in [5, 5.41) is 0.467. The third kappa shape index (κ3) is 5.23. The molecule has 5 nitrogen and oxygen atoms in total. The summed E-state index contributed by atoms with van der Waals surface area (Å²) < 4.78 is 15.2. The number of aryl methyl sites for hydroxylation is 2. The normalized spacial score (nSPS) is 11.0. The van der Waals surface area contributed by atoms with E-state index in [9.17, 15) is 14.0 Å². The number of nitrogens with zero attached hydrogens (tertiary/aromatic N) is 2. The number of hydrogen-bond acceptors (Lipinski definition) is 4. The van der Waals surface area contributed by atoms with Gasteiger partial charge >= 0.3 is 0 Å². The molecule has 2 aromatic heterocycles. The summed E-state index contributed by atoms with van der Waals surface area (Å²) in [6.45, 7) is 6.47. The Morgan fingerprint density at radius 2 is 1.93 bits per heavy atom. The molecule has 3 rings (SSSR count). The second-order valence-electron chi connectivity index (χ2n) is 7.00. The van der Waals surface area contributed by atoms with Gasteiger partial charge in [-0.1, -0.05) is 37.2 Å². The zero-order valence-electron chi connectivity index (χ0n) is 16.8. The topological polar surface area (TPSA) is 67.8 Å². The number of Topliss-reactive ketones (excluding diaryl/α,β-unsaturated/α-hetero) is 1. The first-order chi connectivity index (χ1) is 13.9. The molecule has 0 unspecified atom stereocenters. The van der Waals surface area contributed by atoms with Crippen LogP contribution in [0.15, 0.2) is 46.3 Å². The van der Waals surface area contributed by atoms with Crippen molar-refractivity contribution in [3.63, 3.8) is 0 Å². The Kier molecular flexibility index (Phi) is 6.69. The van der Waals surface area contributed by atoms with E-state index in [2.05, 4.69) is 9.97 Å². The molecule has 0 spiro atoms. The predicted molar refractivity (Wildman–Crippen MR) is 113 cm³/mol. The van der Waals surface area contributed by atoms with Gasteiger partial charge in [-0.15, -0.1) is 0 Å². The first kappa shape index (κ1) is 21.0. The number of thioether (sulfide) groups is 1. The van der Waals surface area contributed by atoms with Gasteiger partial charge in [0.2, 0.25) is 0 Å². The number of ketones is 1. The number of halogens is 1. The van der Waals surface area contributed by atoms with Crippen LogP contribution in [0.25, 0.3) is 0 Å². The standard InChI is InChI=1S/C22H24FN3O2S/c1-4-5-18-11-21(28)25-22(24-18)29-13-20(27)19-10-14(2)26(15(19)3)12-16-6-8-17(23)9-7-16/h6-11H,4-5,12-13H2,1-3H3,(H,24,25,28). The van der Waals surface area contributed by atoms with E-state index in [1.807, 2.05) is 31.4 Å². The number of carbonyl (C=O) groups is 1. The van der Waals surface area contributed by atoms with E-state index >= 15 is 0 Å². The third-order valence-electron chi connectivity index (χ3n) is 4.75. The highest BCUT2D eigenvalue weighted by molar-refractivity contribution is 7.99. The Hall–Kier alpha value is -2.67. The summed E-state index contributed by atoms with van der Waals surface area (Å²) in [5.74, 6) is -0.0893. The van der Waals surface area contributed by atoms with Crippen molar-refractivity contribution in [1.82, 2.24) is 14.5 Å². The number of hydrogen-bond donors (Lipinski definition) is 1. The molecule has 0 saturated carbocycles. The van der Waals surface area contributed by atoms with Crippen molar-refractivity contribution >= 4 is 17.5 Å². The highest BCUT2D eigenvalue weighted by atomic mass is 32.2. The van der Waals surface area contributed by atoms with Gasteiger partial charge in [-0.05, 0) is 44.0 Å². The third-order valence-corrected chi connectivity index (χ3v) is 5.62. The van der Waals surface area contributed by atoms with Crippen LogP contribution < -0.4 is 5.56 Å². The minimum atomic E-state index is -0.266. The summed E-state index contributed by atoms with van der Waals surface area (Å²) in [6.07, 6.45) is 1.63. The second kappa shape index (κ2) is 9.22. The molecule has 0 bridgehead atoms. The second-order valence-corrected chi connectivity index (χ2v) is 7.97. The average Bonchev–Trinajstić information content (AvgIpc) is 2.96. The molecule has 0 saturated heterocycles. The minimum Gasteiger partial charge on any atom is -0.344 e. The van der Waals surface area contributed by atoms with Gasteiger partial charge in [0.15, 0.2) is 10.9 Å². The maximum Gasteiger partial charge on any atom is 0.251 e. The van der Waals surface area contributed by atoms with E-state index in [0.717, 1.165) is 35.5 Å². The van der Waals surface area contributed by atoms with Gasteiger partial charge in [-0.3, -0.25) is 9.59 Å². The van der Waals surface area contributed by atoms with E-state index < -0.39 is 0 Å². The van der Waals surface area contributed by atoms with Crippen LogP contribution in [-0.4, -0.2) is 26.1 Å². The summed E-state index contributed by atoms with van der Waals surface area (Å²) in [6, 6.07) is 9.75. The molecule has 7 heteroatoms. The average molecular weight is 414 g/mol. The molecule has 0 amide bonds. The first-order valence-electron chi connectivity index (χ1n) is 9.54. The molecule has 3 aromatic rings. The van der Waals surface area contributed by atoms with Gasteiger partial charge in [0.05, 0.1) is 5.75 Å². The summed E-state index contributed by atoms with van der Waals surface area (Å²) >= 11 is 1.24. The van der Waals surface area contributed by atoms with Crippen LogP contribution in [0.4, 0.5) is 4.39 Å². The quantitative estimate of drug-likeness (QED) is 0.340. The lowest BCUT2D eigenvalue weighted by Crippen LogP contribution is -2.12.